The number of β-amino-alcohol motifs (C(OH)–C–C–N with tert-alkyl or cyclic N) is 1. The number of hydrogen-bond donors (Lipinski definition) is 1. The van der Waals surface area contributed by atoms with E-state index in [0.717, 1.165) is 38.3 Å². The minimum atomic E-state index is -0.551. The lowest BCUT2D eigenvalue weighted by atomic mass is 9.98. The van der Waals surface area contributed by atoms with Gasteiger partial charge < -0.3 is 14.7 Å². The highest BCUT2D eigenvalue weighted by molar-refractivity contribution is 5.48. The van der Waals surface area contributed by atoms with Gasteiger partial charge in [0, 0.05) is 32.7 Å². The normalized spacial score (nSPS) is 17.4. The van der Waals surface area contributed by atoms with E-state index >= 15 is 0 Å². The van der Waals surface area contributed by atoms with Gasteiger partial charge in [-0.1, -0.05) is 44.2 Å². The number of aliphatic hydroxyl groups is 1. The molecule has 152 valence electrons. The Labute approximate surface area is 167 Å². The summed E-state index contributed by atoms with van der Waals surface area (Å²) in [6, 6.07) is 15.0. The molecule has 2 aromatic carbocycles. The number of benzene rings is 2. The van der Waals surface area contributed by atoms with Crippen molar-refractivity contribution in [1.82, 2.24) is 4.90 Å². The van der Waals surface area contributed by atoms with Gasteiger partial charge in [-0.25, -0.2) is 4.39 Å². The van der Waals surface area contributed by atoms with Gasteiger partial charge in [-0.2, -0.15) is 0 Å². The number of para-hydroxylation sites is 2. The van der Waals surface area contributed by atoms with Gasteiger partial charge in [-0.15, -0.1) is 0 Å². The maximum Gasteiger partial charge on any atom is 0.146 e. The van der Waals surface area contributed by atoms with Crippen molar-refractivity contribution >= 4 is 5.69 Å². The molecular formula is C23H31FN2O2. The summed E-state index contributed by atoms with van der Waals surface area (Å²) in [5.74, 6) is 1.12. The van der Waals surface area contributed by atoms with E-state index in [1.807, 2.05) is 30.3 Å². The zero-order chi connectivity index (χ0) is 19.9. The van der Waals surface area contributed by atoms with Crippen LogP contribution < -0.4 is 9.64 Å². The molecule has 4 nitrogen and oxygen atoms in total. The van der Waals surface area contributed by atoms with E-state index in [4.69, 9.17) is 4.74 Å². The van der Waals surface area contributed by atoms with Crippen molar-refractivity contribution in [2.24, 2.45) is 0 Å². The highest BCUT2D eigenvalue weighted by Crippen LogP contribution is 2.28. The van der Waals surface area contributed by atoms with E-state index < -0.39 is 6.10 Å². The van der Waals surface area contributed by atoms with Crippen LogP contribution in [-0.4, -0.2) is 55.4 Å². The van der Waals surface area contributed by atoms with Crippen LogP contribution in [0.25, 0.3) is 0 Å². The van der Waals surface area contributed by atoms with Crippen molar-refractivity contribution in [3.63, 3.8) is 0 Å². The molecule has 1 aliphatic rings. The van der Waals surface area contributed by atoms with Crippen LogP contribution in [0.1, 0.15) is 31.7 Å². The van der Waals surface area contributed by atoms with Crippen molar-refractivity contribution in [1.29, 1.82) is 0 Å². The van der Waals surface area contributed by atoms with Crippen molar-refractivity contribution < 1.29 is 14.2 Å². The Hall–Kier alpha value is -2.11. The zero-order valence-corrected chi connectivity index (χ0v) is 16.9. The average molecular weight is 387 g/mol. The molecule has 0 aromatic heterocycles. The number of nitrogens with zero attached hydrogens (tertiary/aromatic N) is 2. The van der Waals surface area contributed by atoms with E-state index in [9.17, 15) is 9.50 Å². The van der Waals surface area contributed by atoms with Crippen molar-refractivity contribution in [2.45, 2.75) is 32.3 Å². The van der Waals surface area contributed by atoms with E-state index in [2.05, 4.69) is 29.7 Å². The molecule has 2 aromatic rings. The van der Waals surface area contributed by atoms with E-state index in [1.54, 1.807) is 6.07 Å². The third-order valence-electron chi connectivity index (χ3n) is 5.53. The summed E-state index contributed by atoms with van der Waals surface area (Å²) in [5.41, 5.74) is 1.85. The van der Waals surface area contributed by atoms with E-state index in [0.29, 0.717) is 18.2 Å². The Balaban J connectivity index is 1.47. The van der Waals surface area contributed by atoms with Crippen LogP contribution in [0.2, 0.25) is 0 Å². The molecule has 0 radical (unpaired) electrons. The second-order valence-electron chi connectivity index (χ2n) is 7.55. The molecule has 0 bridgehead atoms. The Kier molecular flexibility index (Phi) is 7.29. The van der Waals surface area contributed by atoms with Crippen molar-refractivity contribution in [3.05, 3.63) is 59.9 Å². The quantitative estimate of drug-likeness (QED) is 0.746. The highest BCUT2D eigenvalue weighted by atomic mass is 19.1. The molecule has 0 saturated carbocycles. The van der Waals surface area contributed by atoms with Crippen LogP contribution in [0.4, 0.5) is 10.1 Å². The molecule has 2 unspecified atom stereocenters. The van der Waals surface area contributed by atoms with E-state index in [1.165, 1.54) is 11.6 Å². The average Bonchev–Trinajstić information content (AvgIpc) is 2.73. The van der Waals surface area contributed by atoms with Crippen molar-refractivity contribution in [2.75, 3.05) is 44.2 Å². The largest absolute Gasteiger partial charge is 0.491 e. The summed E-state index contributed by atoms with van der Waals surface area (Å²) in [6.07, 6.45) is 0.500. The number of hydrogen-bond acceptors (Lipinski definition) is 4. The topological polar surface area (TPSA) is 35.9 Å². The molecule has 1 fully saturated rings. The van der Waals surface area contributed by atoms with Gasteiger partial charge in [0.25, 0.3) is 0 Å². The Morgan fingerprint density at radius 3 is 2.43 bits per heavy atom. The number of aliphatic hydroxyl groups excluding tert-OH is 1. The number of rotatable bonds is 8. The molecule has 0 aliphatic carbocycles. The molecule has 1 saturated heterocycles. The van der Waals surface area contributed by atoms with Crippen molar-refractivity contribution in [3.8, 4) is 5.75 Å². The molecule has 2 atom stereocenters. The Morgan fingerprint density at radius 1 is 1.04 bits per heavy atom. The maximum absolute atomic E-state index is 13.9. The fourth-order valence-electron chi connectivity index (χ4n) is 3.66. The standard InChI is InChI=1S/C23H31FN2O2/c1-3-18(2)20-8-4-7-11-23(20)28-17-19(27)16-25-12-14-26(15-13-25)22-10-6-5-9-21(22)24/h4-11,18-19,27H,3,12-17H2,1-2H3. The lowest BCUT2D eigenvalue weighted by Gasteiger charge is -2.37. The lowest BCUT2D eigenvalue weighted by Crippen LogP contribution is -2.49. The van der Waals surface area contributed by atoms with Crippen LogP contribution in [0.5, 0.6) is 5.75 Å². The molecule has 0 spiro atoms. The first kappa shape index (κ1) is 20.6. The molecule has 3 rings (SSSR count). The first-order valence-corrected chi connectivity index (χ1v) is 10.2. The predicted octanol–water partition coefficient (Wildman–Crippen LogP) is 3.90. The summed E-state index contributed by atoms with van der Waals surface area (Å²) in [5, 5.41) is 10.4. The van der Waals surface area contributed by atoms with Crippen LogP contribution >= 0.6 is 0 Å². The van der Waals surface area contributed by atoms with Gasteiger partial charge in [0.2, 0.25) is 0 Å². The minimum Gasteiger partial charge on any atom is -0.491 e. The Bertz CT molecular complexity index is 747. The molecule has 1 aliphatic heterocycles. The first-order chi connectivity index (χ1) is 13.6. The lowest BCUT2D eigenvalue weighted by molar-refractivity contribution is 0.0658. The summed E-state index contributed by atoms with van der Waals surface area (Å²) < 4.78 is 19.9. The monoisotopic (exact) mass is 386 g/mol. The first-order valence-electron chi connectivity index (χ1n) is 10.2. The van der Waals surface area contributed by atoms with Gasteiger partial charge in [0.15, 0.2) is 0 Å². The van der Waals surface area contributed by atoms with E-state index in [-0.39, 0.29) is 12.4 Å². The molecule has 1 heterocycles. The molecule has 5 heteroatoms. The third kappa shape index (κ3) is 5.24. The van der Waals surface area contributed by atoms with Crippen LogP contribution in [-0.2, 0) is 0 Å². The summed E-state index contributed by atoms with van der Waals surface area (Å²) in [4.78, 5) is 4.28. The van der Waals surface area contributed by atoms with Gasteiger partial charge in [0.1, 0.15) is 24.3 Å². The van der Waals surface area contributed by atoms with Gasteiger partial charge >= 0.3 is 0 Å². The molecular weight excluding hydrogens is 355 g/mol. The summed E-state index contributed by atoms with van der Waals surface area (Å²) in [7, 11) is 0. The predicted molar refractivity (Wildman–Crippen MR) is 112 cm³/mol. The highest BCUT2D eigenvalue weighted by Gasteiger charge is 2.21. The molecule has 28 heavy (non-hydrogen) atoms. The fourth-order valence-corrected chi connectivity index (χ4v) is 3.66. The molecule has 1 N–H and O–H groups in total. The number of ether oxygens (including phenoxy) is 1. The van der Waals surface area contributed by atoms with Gasteiger partial charge in [0.05, 0.1) is 5.69 Å². The second kappa shape index (κ2) is 9.89. The second-order valence-corrected chi connectivity index (χ2v) is 7.55. The zero-order valence-electron chi connectivity index (χ0n) is 16.9. The summed E-state index contributed by atoms with van der Waals surface area (Å²) in [6.45, 7) is 8.31. The number of halogens is 1. The van der Waals surface area contributed by atoms with Crippen LogP contribution in [0, 0.1) is 5.82 Å². The van der Waals surface area contributed by atoms with Crippen LogP contribution in [0.15, 0.2) is 48.5 Å². The minimum absolute atomic E-state index is 0.177. The fraction of sp³-hybridized carbons (Fsp3) is 0.478. The summed E-state index contributed by atoms with van der Waals surface area (Å²) >= 11 is 0. The smallest absolute Gasteiger partial charge is 0.146 e. The SMILES string of the molecule is CCC(C)c1ccccc1OCC(O)CN1CCN(c2ccccc2F)CC1. The van der Waals surface area contributed by atoms with Gasteiger partial charge in [-0.05, 0) is 36.1 Å². The van der Waals surface area contributed by atoms with Gasteiger partial charge in [-0.3, -0.25) is 4.90 Å². The van der Waals surface area contributed by atoms with Crippen LogP contribution in [0.3, 0.4) is 0 Å². The third-order valence-corrected chi connectivity index (χ3v) is 5.53. The number of piperazine rings is 1. The molecule has 0 amide bonds. The maximum atomic E-state index is 13.9. The Morgan fingerprint density at radius 2 is 1.71 bits per heavy atom. The number of anilines is 1.